The lowest BCUT2D eigenvalue weighted by Crippen LogP contribution is -2.30. The molecule has 0 saturated carbocycles. The number of halogens is 2. The molecule has 0 aliphatic heterocycles. The van der Waals surface area contributed by atoms with Gasteiger partial charge in [0.2, 0.25) is 0 Å². The lowest BCUT2D eigenvalue weighted by molar-refractivity contribution is 0.552. The number of rotatable bonds is 8. The number of aryl methyl sites for hydroxylation is 1. The Kier molecular flexibility index (Phi) is 6.98. The van der Waals surface area contributed by atoms with Crippen LogP contribution in [0.4, 0.5) is 8.78 Å². The number of sulfone groups is 1. The number of hydrogen-bond donors (Lipinski definition) is 0. The monoisotopic (exact) mass is 332 g/mol. The highest BCUT2D eigenvalue weighted by molar-refractivity contribution is 7.92. The van der Waals surface area contributed by atoms with Crippen LogP contribution in [-0.4, -0.2) is 18.9 Å². The summed E-state index contributed by atoms with van der Waals surface area (Å²) in [6.07, 6.45) is 4.93. The molecule has 1 aromatic carbocycles. The van der Waals surface area contributed by atoms with Gasteiger partial charge in [0.25, 0.3) is 0 Å². The van der Waals surface area contributed by atoms with Crippen molar-refractivity contribution in [1.82, 2.24) is 0 Å². The molecule has 0 bridgehead atoms. The maximum Gasteiger partial charge on any atom is 0.155 e. The van der Waals surface area contributed by atoms with E-state index in [0.29, 0.717) is 18.4 Å². The summed E-state index contributed by atoms with van der Waals surface area (Å²) in [6, 6.07) is 3.59. The second-order valence-electron chi connectivity index (χ2n) is 6.73. The van der Waals surface area contributed by atoms with E-state index in [1.165, 1.54) is 12.1 Å². The van der Waals surface area contributed by atoms with Crippen LogP contribution in [-0.2, 0) is 16.3 Å². The fourth-order valence-corrected chi connectivity index (χ4v) is 3.41. The van der Waals surface area contributed by atoms with E-state index in [-0.39, 0.29) is 5.75 Å². The van der Waals surface area contributed by atoms with Crippen LogP contribution in [0.1, 0.15) is 58.4 Å². The van der Waals surface area contributed by atoms with Gasteiger partial charge in [0.1, 0.15) is 11.6 Å². The lowest BCUT2D eigenvalue weighted by Gasteiger charge is -2.18. The highest BCUT2D eigenvalue weighted by atomic mass is 32.2. The first-order valence-electron chi connectivity index (χ1n) is 7.79. The molecular formula is C17H26F2O2S. The van der Waals surface area contributed by atoms with Crippen molar-refractivity contribution in [2.45, 2.75) is 64.0 Å². The molecule has 0 amide bonds. The van der Waals surface area contributed by atoms with Gasteiger partial charge in [-0.05, 0) is 57.7 Å². The summed E-state index contributed by atoms with van der Waals surface area (Å²) < 4.78 is 49.2. The standard InChI is InChI=1S/C17H26F2O2S/c1-17(2,3)22(20,21)10-8-6-4-5-7-9-14-11-15(18)13-16(19)12-14/h11-13H,4-10H2,1-3H3. The molecule has 1 aromatic rings. The van der Waals surface area contributed by atoms with Crippen LogP contribution >= 0.6 is 0 Å². The van der Waals surface area contributed by atoms with Gasteiger partial charge < -0.3 is 0 Å². The van der Waals surface area contributed by atoms with E-state index < -0.39 is 26.2 Å². The fraction of sp³-hybridized carbons (Fsp3) is 0.647. The molecule has 0 heterocycles. The van der Waals surface area contributed by atoms with Crippen LogP contribution in [0, 0.1) is 11.6 Å². The predicted molar refractivity (Wildman–Crippen MR) is 86.7 cm³/mol. The highest BCUT2D eigenvalue weighted by Gasteiger charge is 2.27. The summed E-state index contributed by atoms with van der Waals surface area (Å²) in [5.41, 5.74) is 0.674. The Labute approximate surface area is 132 Å². The van der Waals surface area contributed by atoms with Crippen LogP contribution < -0.4 is 0 Å². The van der Waals surface area contributed by atoms with Crippen molar-refractivity contribution in [1.29, 1.82) is 0 Å². The van der Waals surface area contributed by atoms with Crippen molar-refractivity contribution in [3.63, 3.8) is 0 Å². The van der Waals surface area contributed by atoms with Crippen LogP contribution in [0.3, 0.4) is 0 Å². The second-order valence-corrected chi connectivity index (χ2v) is 9.59. The van der Waals surface area contributed by atoms with Gasteiger partial charge in [0.15, 0.2) is 9.84 Å². The minimum absolute atomic E-state index is 0.228. The summed E-state index contributed by atoms with van der Waals surface area (Å²) in [5.74, 6) is -0.851. The zero-order valence-electron chi connectivity index (χ0n) is 13.7. The van der Waals surface area contributed by atoms with E-state index >= 15 is 0 Å². The Bertz CT molecular complexity index is 555. The Morgan fingerprint density at radius 2 is 1.36 bits per heavy atom. The van der Waals surface area contributed by atoms with Crippen molar-refractivity contribution in [2.24, 2.45) is 0 Å². The highest BCUT2D eigenvalue weighted by Crippen LogP contribution is 2.18. The summed E-state index contributed by atoms with van der Waals surface area (Å²) in [6.45, 7) is 5.17. The molecule has 0 N–H and O–H groups in total. The summed E-state index contributed by atoms with van der Waals surface area (Å²) in [4.78, 5) is 0. The molecular weight excluding hydrogens is 306 g/mol. The third kappa shape index (κ3) is 6.42. The van der Waals surface area contributed by atoms with E-state index in [9.17, 15) is 17.2 Å². The van der Waals surface area contributed by atoms with Crippen molar-refractivity contribution >= 4 is 9.84 Å². The minimum Gasteiger partial charge on any atom is -0.228 e. The first-order chi connectivity index (χ1) is 10.1. The molecule has 126 valence electrons. The molecule has 0 aromatic heterocycles. The maximum atomic E-state index is 13.0. The quantitative estimate of drug-likeness (QED) is 0.648. The molecule has 0 radical (unpaired) electrons. The topological polar surface area (TPSA) is 34.1 Å². The molecule has 0 fully saturated rings. The normalized spacial score (nSPS) is 12.6. The molecule has 0 unspecified atom stereocenters. The molecule has 0 aliphatic rings. The van der Waals surface area contributed by atoms with Crippen molar-refractivity contribution in [3.05, 3.63) is 35.4 Å². The molecule has 0 spiro atoms. The Balaban J connectivity index is 2.19. The third-order valence-electron chi connectivity index (χ3n) is 3.73. The molecule has 0 aliphatic carbocycles. The van der Waals surface area contributed by atoms with Gasteiger partial charge in [-0.3, -0.25) is 0 Å². The van der Waals surface area contributed by atoms with Crippen molar-refractivity contribution in [2.75, 3.05) is 5.75 Å². The number of benzene rings is 1. The first-order valence-corrected chi connectivity index (χ1v) is 9.44. The average molecular weight is 332 g/mol. The molecule has 0 saturated heterocycles. The van der Waals surface area contributed by atoms with E-state index in [0.717, 1.165) is 31.7 Å². The van der Waals surface area contributed by atoms with Crippen LogP contribution in [0.25, 0.3) is 0 Å². The predicted octanol–water partition coefficient (Wildman–Crippen LogP) is 4.67. The van der Waals surface area contributed by atoms with Gasteiger partial charge in [0, 0.05) is 6.07 Å². The Hall–Kier alpha value is -0.970. The van der Waals surface area contributed by atoms with Crippen LogP contribution in [0.5, 0.6) is 0 Å². The van der Waals surface area contributed by atoms with Crippen molar-refractivity contribution < 1.29 is 17.2 Å². The summed E-state index contributed by atoms with van der Waals surface area (Å²) in [5, 5.41) is 0. The smallest absolute Gasteiger partial charge is 0.155 e. The van der Waals surface area contributed by atoms with Gasteiger partial charge in [-0.1, -0.05) is 19.3 Å². The summed E-state index contributed by atoms with van der Waals surface area (Å²) >= 11 is 0. The van der Waals surface area contributed by atoms with Crippen molar-refractivity contribution in [3.8, 4) is 0 Å². The zero-order chi connectivity index (χ0) is 16.8. The van der Waals surface area contributed by atoms with Gasteiger partial charge >= 0.3 is 0 Å². The molecule has 2 nitrogen and oxygen atoms in total. The van der Waals surface area contributed by atoms with E-state index in [1.807, 2.05) is 0 Å². The van der Waals surface area contributed by atoms with Gasteiger partial charge in [-0.25, -0.2) is 17.2 Å². The Morgan fingerprint density at radius 3 is 1.91 bits per heavy atom. The third-order valence-corrected chi connectivity index (χ3v) is 6.43. The SMILES string of the molecule is CC(C)(C)S(=O)(=O)CCCCCCCc1cc(F)cc(F)c1. The Morgan fingerprint density at radius 1 is 0.864 bits per heavy atom. The summed E-state index contributed by atoms with van der Waals surface area (Å²) in [7, 11) is -3.03. The second kappa shape index (κ2) is 8.04. The van der Waals surface area contributed by atoms with Gasteiger partial charge in [0.05, 0.1) is 10.5 Å². The molecule has 0 atom stereocenters. The fourth-order valence-electron chi connectivity index (χ4n) is 2.21. The van der Waals surface area contributed by atoms with E-state index in [4.69, 9.17) is 0 Å². The minimum atomic E-state index is -3.03. The first kappa shape index (κ1) is 19.1. The largest absolute Gasteiger partial charge is 0.228 e. The lowest BCUT2D eigenvalue weighted by atomic mass is 10.1. The molecule has 5 heteroatoms. The number of hydrogen-bond acceptors (Lipinski definition) is 2. The number of unbranched alkanes of at least 4 members (excludes halogenated alkanes) is 4. The average Bonchev–Trinajstić information content (AvgIpc) is 2.35. The van der Waals surface area contributed by atoms with Gasteiger partial charge in [-0.15, -0.1) is 0 Å². The molecule has 1 rings (SSSR count). The van der Waals surface area contributed by atoms with E-state index in [2.05, 4.69) is 0 Å². The maximum absolute atomic E-state index is 13.0. The van der Waals surface area contributed by atoms with E-state index in [1.54, 1.807) is 20.8 Å². The molecule has 22 heavy (non-hydrogen) atoms. The van der Waals surface area contributed by atoms with Gasteiger partial charge in [-0.2, -0.15) is 0 Å². The van der Waals surface area contributed by atoms with Crippen LogP contribution in [0.2, 0.25) is 0 Å². The van der Waals surface area contributed by atoms with Crippen LogP contribution in [0.15, 0.2) is 18.2 Å². The zero-order valence-corrected chi connectivity index (χ0v) is 14.5.